The largest absolute Gasteiger partial charge is 0.493 e. The minimum Gasteiger partial charge on any atom is -0.493 e. The van der Waals surface area contributed by atoms with Crippen LogP contribution in [0.15, 0.2) is 30.3 Å². The molecule has 0 atom stereocenters. The second-order valence-electron chi connectivity index (χ2n) is 4.76. The molecule has 0 radical (unpaired) electrons. The third kappa shape index (κ3) is 3.56. The minimum absolute atomic E-state index is 0.258. The van der Waals surface area contributed by atoms with Crippen LogP contribution < -0.4 is 9.47 Å². The molecule has 3 rings (SSSR count). The van der Waals surface area contributed by atoms with Crippen LogP contribution >= 0.6 is 34.8 Å². The minimum atomic E-state index is 0.258. The zero-order valence-corrected chi connectivity index (χ0v) is 14.7. The van der Waals surface area contributed by atoms with Crippen molar-refractivity contribution in [3.8, 4) is 22.9 Å². The van der Waals surface area contributed by atoms with Gasteiger partial charge in [-0.15, -0.1) is 10.2 Å². The fourth-order valence-electron chi connectivity index (χ4n) is 2.06. The number of tetrazole rings is 1. The molecule has 0 aliphatic carbocycles. The number of rotatable bonds is 5. The molecule has 0 aliphatic rings. The van der Waals surface area contributed by atoms with E-state index in [4.69, 9.17) is 44.3 Å². The molecule has 1 heterocycles. The molecule has 6 nitrogen and oxygen atoms in total. The number of hydrogen-bond acceptors (Lipinski definition) is 5. The van der Waals surface area contributed by atoms with Gasteiger partial charge < -0.3 is 9.47 Å². The van der Waals surface area contributed by atoms with Crippen molar-refractivity contribution in [1.82, 2.24) is 20.6 Å². The zero-order valence-electron chi connectivity index (χ0n) is 12.4. The summed E-state index contributed by atoms with van der Waals surface area (Å²) in [6.45, 7) is 0.258. The maximum atomic E-state index is 6.31. The second kappa shape index (κ2) is 7.25. The van der Waals surface area contributed by atoms with Crippen molar-refractivity contribution in [1.29, 1.82) is 0 Å². The van der Waals surface area contributed by atoms with Gasteiger partial charge in [-0.2, -0.15) is 5.21 Å². The standard InChI is InChI=1S/C15H11Cl3N4O2/c1-23-13-6-9(15-19-21-22-20-15)5-12(18)14(13)24-7-8-2-3-10(16)11(17)4-8/h2-6H,7H2,1H3,(H,19,20,21,22). The quantitative estimate of drug-likeness (QED) is 0.704. The second-order valence-corrected chi connectivity index (χ2v) is 5.98. The highest BCUT2D eigenvalue weighted by atomic mass is 35.5. The van der Waals surface area contributed by atoms with Gasteiger partial charge in [0.2, 0.25) is 5.82 Å². The summed E-state index contributed by atoms with van der Waals surface area (Å²) in [5, 5.41) is 15.1. The monoisotopic (exact) mass is 384 g/mol. The predicted molar refractivity (Wildman–Crippen MR) is 92.0 cm³/mol. The summed E-state index contributed by atoms with van der Waals surface area (Å²) in [5.41, 5.74) is 1.51. The normalized spacial score (nSPS) is 10.7. The van der Waals surface area contributed by atoms with Gasteiger partial charge in [-0.3, -0.25) is 0 Å². The van der Waals surface area contributed by atoms with Crippen molar-refractivity contribution in [3.63, 3.8) is 0 Å². The maximum Gasteiger partial charge on any atom is 0.204 e. The summed E-state index contributed by atoms with van der Waals surface area (Å²) in [7, 11) is 1.53. The van der Waals surface area contributed by atoms with Crippen LogP contribution in [0.2, 0.25) is 15.1 Å². The van der Waals surface area contributed by atoms with Crippen molar-refractivity contribution < 1.29 is 9.47 Å². The highest BCUT2D eigenvalue weighted by Crippen LogP contribution is 2.39. The van der Waals surface area contributed by atoms with Gasteiger partial charge in [-0.25, -0.2) is 0 Å². The predicted octanol–water partition coefficient (Wildman–Crippen LogP) is 4.41. The van der Waals surface area contributed by atoms with Gasteiger partial charge >= 0.3 is 0 Å². The topological polar surface area (TPSA) is 72.9 Å². The summed E-state index contributed by atoms with van der Waals surface area (Å²) in [6.07, 6.45) is 0. The third-order valence-electron chi connectivity index (χ3n) is 3.20. The van der Waals surface area contributed by atoms with Crippen LogP contribution in [0.4, 0.5) is 0 Å². The van der Waals surface area contributed by atoms with Crippen molar-refractivity contribution >= 4 is 34.8 Å². The number of methoxy groups -OCH3 is 1. The first-order valence-corrected chi connectivity index (χ1v) is 7.90. The Bertz CT molecular complexity index is 856. The van der Waals surface area contributed by atoms with Crippen LogP contribution in [-0.2, 0) is 6.61 Å². The number of aromatic amines is 1. The lowest BCUT2D eigenvalue weighted by atomic mass is 10.2. The van der Waals surface area contributed by atoms with Crippen molar-refractivity contribution in [2.45, 2.75) is 6.61 Å². The lowest BCUT2D eigenvalue weighted by Crippen LogP contribution is -1.99. The van der Waals surface area contributed by atoms with Crippen LogP contribution in [0.3, 0.4) is 0 Å². The molecule has 0 aliphatic heterocycles. The molecule has 0 amide bonds. The summed E-state index contributed by atoms with van der Waals surface area (Å²) in [6, 6.07) is 8.67. The van der Waals surface area contributed by atoms with Crippen molar-refractivity contribution in [2.75, 3.05) is 7.11 Å². The van der Waals surface area contributed by atoms with Crippen LogP contribution in [0.1, 0.15) is 5.56 Å². The SMILES string of the molecule is COc1cc(-c2nn[nH]n2)cc(Cl)c1OCc1ccc(Cl)c(Cl)c1. The number of benzene rings is 2. The Hall–Kier alpha value is -2.02. The maximum absolute atomic E-state index is 6.31. The molecule has 0 saturated carbocycles. The molecular formula is C15H11Cl3N4O2. The molecule has 1 N–H and O–H groups in total. The van der Waals surface area contributed by atoms with Gasteiger partial charge in [0.05, 0.1) is 22.2 Å². The number of hydrogen-bond donors (Lipinski definition) is 1. The van der Waals surface area contributed by atoms with Crippen LogP contribution in [0.25, 0.3) is 11.4 Å². The number of aromatic nitrogens is 4. The molecule has 2 aromatic carbocycles. The Morgan fingerprint density at radius 1 is 1.04 bits per heavy atom. The highest BCUT2D eigenvalue weighted by Gasteiger charge is 2.15. The summed E-state index contributed by atoms with van der Waals surface area (Å²) >= 11 is 18.2. The Morgan fingerprint density at radius 3 is 2.54 bits per heavy atom. The lowest BCUT2D eigenvalue weighted by Gasteiger charge is -2.13. The van der Waals surface area contributed by atoms with Gasteiger partial charge in [0, 0.05) is 5.56 Å². The van der Waals surface area contributed by atoms with E-state index in [9.17, 15) is 0 Å². The molecule has 0 fully saturated rings. The first kappa shape index (κ1) is 16.8. The van der Waals surface area contributed by atoms with Gasteiger partial charge in [0.1, 0.15) is 6.61 Å². The Labute approximate surface area is 152 Å². The summed E-state index contributed by atoms with van der Waals surface area (Å²) in [4.78, 5) is 0. The molecule has 0 saturated heterocycles. The van der Waals surface area contributed by atoms with Gasteiger partial charge in [-0.1, -0.05) is 40.9 Å². The van der Waals surface area contributed by atoms with Crippen molar-refractivity contribution in [2.24, 2.45) is 0 Å². The van der Waals surface area contributed by atoms with E-state index in [0.717, 1.165) is 5.56 Å². The van der Waals surface area contributed by atoms with E-state index in [1.165, 1.54) is 7.11 Å². The molecule has 0 unspecified atom stereocenters. The van der Waals surface area contributed by atoms with Crippen LogP contribution in [0.5, 0.6) is 11.5 Å². The fraction of sp³-hybridized carbons (Fsp3) is 0.133. The highest BCUT2D eigenvalue weighted by molar-refractivity contribution is 6.42. The van der Waals surface area contributed by atoms with E-state index in [1.54, 1.807) is 24.3 Å². The lowest BCUT2D eigenvalue weighted by molar-refractivity contribution is 0.285. The molecule has 24 heavy (non-hydrogen) atoms. The van der Waals surface area contributed by atoms with Crippen LogP contribution in [-0.4, -0.2) is 27.7 Å². The molecule has 0 bridgehead atoms. The van der Waals surface area contributed by atoms with E-state index in [2.05, 4.69) is 20.6 Å². The summed E-state index contributed by atoms with van der Waals surface area (Å²) in [5.74, 6) is 1.28. The van der Waals surface area contributed by atoms with E-state index in [1.807, 2.05) is 6.07 Å². The average molecular weight is 386 g/mol. The van der Waals surface area contributed by atoms with Gasteiger partial charge in [-0.05, 0) is 35.0 Å². The first-order chi connectivity index (χ1) is 11.6. The van der Waals surface area contributed by atoms with Gasteiger partial charge in [0.15, 0.2) is 11.5 Å². The Kier molecular flexibility index (Phi) is 5.08. The molecular weight excluding hydrogens is 375 g/mol. The van der Waals surface area contributed by atoms with E-state index >= 15 is 0 Å². The van der Waals surface area contributed by atoms with Gasteiger partial charge in [0.25, 0.3) is 0 Å². The average Bonchev–Trinajstić information content (AvgIpc) is 3.10. The fourth-order valence-corrected chi connectivity index (χ4v) is 2.64. The smallest absolute Gasteiger partial charge is 0.204 e. The Balaban J connectivity index is 1.86. The number of nitrogens with zero attached hydrogens (tertiary/aromatic N) is 3. The molecule has 3 aromatic rings. The summed E-state index contributed by atoms with van der Waals surface area (Å²) < 4.78 is 11.1. The zero-order chi connectivity index (χ0) is 17.1. The van der Waals surface area contributed by atoms with E-state index < -0.39 is 0 Å². The molecule has 124 valence electrons. The molecule has 9 heteroatoms. The first-order valence-electron chi connectivity index (χ1n) is 6.76. The molecule has 1 aromatic heterocycles. The number of nitrogens with one attached hydrogen (secondary N) is 1. The van der Waals surface area contributed by atoms with Crippen molar-refractivity contribution in [3.05, 3.63) is 51.0 Å². The third-order valence-corrected chi connectivity index (χ3v) is 4.22. The molecule has 0 spiro atoms. The number of halogens is 3. The van der Waals surface area contributed by atoms with E-state index in [0.29, 0.717) is 38.0 Å². The number of H-pyrrole nitrogens is 1. The number of ether oxygens (including phenoxy) is 2. The van der Waals surface area contributed by atoms with E-state index in [-0.39, 0.29) is 6.61 Å². The Morgan fingerprint density at radius 2 is 1.88 bits per heavy atom. The van der Waals surface area contributed by atoms with Crippen LogP contribution in [0, 0.1) is 0 Å².